The smallest absolute Gasteiger partial charge is 0.163 e. The van der Waals surface area contributed by atoms with Crippen molar-refractivity contribution in [2.24, 2.45) is 0 Å². The van der Waals surface area contributed by atoms with E-state index >= 15 is 0 Å². The molecule has 0 aromatic heterocycles. The minimum atomic E-state index is -0.799. The Kier molecular flexibility index (Phi) is 4.63. The van der Waals surface area contributed by atoms with Crippen molar-refractivity contribution in [2.75, 3.05) is 0 Å². The largest absolute Gasteiger partial charge is 0.306 e. The second kappa shape index (κ2) is 6.43. The second-order valence-electron chi connectivity index (χ2n) is 4.47. The van der Waals surface area contributed by atoms with Crippen LogP contribution < -0.4 is 5.32 Å². The van der Waals surface area contributed by atoms with E-state index < -0.39 is 11.6 Å². The van der Waals surface area contributed by atoms with Gasteiger partial charge in [-0.25, -0.2) is 8.78 Å². The van der Waals surface area contributed by atoms with E-state index in [4.69, 9.17) is 0 Å². The van der Waals surface area contributed by atoms with Crippen molar-refractivity contribution in [3.8, 4) is 0 Å². The van der Waals surface area contributed by atoms with E-state index in [2.05, 4.69) is 12.2 Å². The van der Waals surface area contributed by atoms with E-state index in [0.29, 0.717) is 12.1 Å². The molecular weight excluding hydrogens is 244 g/mol. The summed E-state index contributed by atoms with van der Waals surface area (Å²) < 4.78 is 26.6. The van der Waals surface area contributed by atoms with Crippen LogP contribution in [-0.4, -0.2) is 0 Å². The molecule has 0 aliphatic carbocycles. The lowest BCUT2D eigenvalue weighted by Crippen LogP contribution is -2.21. The minimum Gasteiger partial charge on any atom is -0.306 e. The van der Waals surface area contributed by atoms with Gasteiger partial charge in [-0.15, -0.1) is 0 Å². The zero-order valence-electron chi connectivity index (χ0n) is 10.9. The Labute approximate surface area is 112 Å². The topological polar surface area (TPSA) is 12.0 Å². The molecule has 19 heavy (non-hydrogen) atoms. The number of hydrogen-bond acceptors (Lipinski definition) is 1. The van der Waals surface area contributed by atoms with Gasteiger partial charge in [0.05, 0.1) is 0 Å². The highest BCUT2D eigenvalue weighted by Gasteiger charge is 2.11. The van der Waals surface area contributed by atoms with E-state index in [9.17, 15) is 8.78 Å². The number of nitrogens with one attached hydrogen (secondary N) is 1. The molecule has 0 saturated carbocycles. The predicted molar refractivity (Wildman–Crippen MR) is 72.7 cm³/mol. The van der Waals surface area contributed by atoms with Crippen LogP contribution in [-0.2, 0) is 6.54 Å². The third-order valence-corrected chi connectivity index (χ3v) is 3.18. The predicted octanol–water partition coefficient (Wildman–Crippen LogP) is 4.21. The van der Waals surface area contributed by atoms with Gasteiger partial charge in [-0.1, -0.05) is 49.4 Å². The first-order valence-corrected chi connectivity index (χ1v) is 6.43. The van der Waals surface area contributed by atoms with Crippen molar-refractivity contribution in [3.63, 3.8) is 0 Å². The van der Waals surface area contributed by atoms with Gasteiger partial charge in [0.25, 0.3) is 0 Å². The standard InChI is InChI=1S/C16H17F2N/c1-2-15(12-7-4-3-5-8-12)19-11-13-9-6-10-14(17)16(13)18/h3-10,15,19H,2,11H2,1H3. The van der Waals surface area contributed by atoms with Gasteiger partial charge in [0.15, 0.2) is 11.6 Å². The van der Waals surface area contributed by atoms with E-state index in [1.54, 1.807) is 6.07 Å². The first-order valence-electron chi connectivity index (χ1n) is 6.43. The molecule has 1 unspecified atom stereocenters. The molecule has 0 aliphatic heterocycles. The van der Waals surface area contributed by atoms with Gasteiger partial charge in [0.2, 0.25) is 0 Å². The fourth-order valence-electron chi connectivity index (χ4n) is 2.10. The van der Waals surface area contributed by atoms with Gasteiger partial charge in [-0.3, -0.25) is 0 Å². The molecule has 0 bridgehead atoms. The van der Waals surface area contributed by atoms with Gasteiger partial charge in [0.1, 0.15) is 0 Å². The lowest BCUT2D eigenvalue weighted by Gasteiger charge is -2.17. The van der Waals surface area contributed by atoms with Gasteiger partial charge in [-0.2, -0.15) is 0 Å². The monoisotopic (exact) mass is 261 g/mol. The summed E-state index contributed by atoms with van der Waals surface area (Å²) in [6, 6.07) is 14.4. The molecule has 2 aromatic carbocycles. The fraction of sp³-hybridized carbons (Fsp3) is 0.250. The molecule has 0 amide bonds. The minimum absolute atomic E-state index is 0.142. The first kappa shape index (κ1) is 13.7. The fourth-order valence-corrected chi connectivity index (χ4v) is 2.10. The Morgan fingerprint density at radius 3 is 2.42 bits per heavy atom. The average molecular weight is 261 g/mol. The quantitative estimate of drug-likeness (QED) is 0.850. The van der Waals surface area contributed by atoms with E-state index in [1.165, 1.54) is 6.07 Å². The van der Waals surface area contributed by atoms with Crippen LogP contribution in [0.15, 0.2) is 48.5 Å². The normalized spacial score (nSPS) is 12.4. The van der Waals surface area contributed by atoms with Gasteiger partial charge in [0, 0.05) is 18.2 Å². The maximum absolute atomic E-state index is 13.5. The molecule has 0 fully saturated rings. The van der Waals surface area contributed by atoms with E-state index in [1.807, 2.05) is 30.3 Å². The second-order valence-corrected chi connectivity index (χ2v) is 4.47. The van der Waals surface area contributed by atoms with Crippen LogP contribution in [0, 0.1) is 11.6 Å². The SMILES string of the molecule is CCC(NCc1cccc(F)c1F)c1ccccc1. The highest BCUT2D eigenvalue weighted by atomic mass is 19.2. The van der Waals surface area contributed by atoms with Crippen LogP contribution >= 0.6 is 0 Å². The van der Waals surface area contributed by atoms with Crippen LogP contribution in [0.3, 0.4) is 0 Å². The number of hydrogen-bond donors (Lipinski definition) is 1. The molecule has 3 heteroatoms. The maximum Gasteiger partial charge on any atom is 0.163 e. The molecule has 0 spiro atoms. The van der Waals surface area contributed by atoms with Gasteiger partial charge < -0.3 is 5.32 Å². The molecule has 0 heterocycles. The third-order valence-electron chi connectivity index (χ3n) is 3.18. The molecule has 1 nitrogen and oxygen atoms in total. The first-order chi connectivity index (χ1) is 9.22. The Morgan fingerprint density at radius 1 is 1.00 bits per heavy atom. The summed E-state index contributed by atoms with van der Waals surface area (Å²) >= 11 is 0. The Morgan fingerprint density at radius 2 is 1.74 bits per heavy atom. The summed E-state index contributed by atoms with van der Waals surface area (Å²) in [7, 11) is 0. The lowest BCUT2D eigenvalue weighted by atomic mass is 10.0. The van der Waals surface area contributed by atoms with Crippen molar-refractivity contribution in [1.82, 2.24) is 5.32 Å². The van der Waals surface area contributed by atoms with Crippen molar-refractivity contribution in [1.29, 1.82) is 0 Å². The Balaban J connectivity index is 2.06. The number of benzene rings is 2. The molecule has 2 rings (SSSR count). The van der Waals surface area contributed by atoms with Gasteiger partial charge in [-0.05, 0) is 18.1 Å². The summed E-state index contributed by atoms with van der Waals surface area (Å²) in [6.45, 7) is 2.38. The summed E-state index contributed by atoms with van der Waals surface area (Å²) in [6.07, 6.45) is 0.890. The van der Waals surface area contributed by atoms with Crippen molar-refractivity contribution in [3.05, 3.63) is 71.3 Å². The molecule has 1 atom stereocenters. The number of halogens is 2. The van der Waals surface area contributed by atoms with Crippen LogP contribution in [0.2, 0.25) is 0 Å². The average Bonchev–Trinajstić information content (AvgIpc) is 2.45. The van der Waals surface area contributed by atoms with Crippen LogP contribution in [0.1, 0.15) is 30.5 Å². The zero-order chi connectivity index (χ0) is 13.7. The maximum atomic E-state index is 13.5. The third kappa shape index (κ3) is 3.38. The Hall–Kier alpha value is -1.74. The molecule has 0 aliphatic rings. The summed E-state index contributed by atoms with van der Waals surface area (Å²) in [4.78, 5) is 0. The van der Waals surface area contributed by atoms with Crippen molar-refractivity contribution in [2.45, 2.75) is 25.9 Å². The Bertz CT molecular complexity index is 526. The molecular formula is C16H17F2N. The molecule has 100 valence electrons. The van der Waals surface area contributed by atoms with Crippen LogP contribution in [0.4, 0.5) is 8.78 Å². The van der Waals surface area contributed by atoms with Crippen LogP contribution in [0.5, 0.6) is 0 Å². The molecule has 2 aromatic rings. The van der Waals surface area contributed by atoms with E-state index in [-0.39, 0.29) is 6.04 Å². The summed E-state index contributed by atoms with van der Waals surface area (Å²) in [5.41, 5.74) is 1.51. The highest BCUT2D eigenvalue weighted by molar-refractivity contribution is 5.21. The number of rotatable bonds is 5. The summed E-state index contributed by atoms with van der Waals surface area (Å²) in [5, 5.41) is 3.26. The van der Waals surface area contributed by atoms with Gasteiger partial charge >= 0.3 is 0 Å². The van der Waals surface area contributed by atoms with Crippen molar-refractivity contribution >= 4 is 0 Å². The lowest BCUT2D eigenvalue weighted by molar-refractivity contribution is 0.473. The zero-order valence-corrected chi connectivity index (χ0v) is 10.9. The van der Waals surface area contributed by atoms with Crippen LogP contribution in [0.25, 0.3) is 0 Å². The highest BCUT2D eigenvalue weighted by Crippen LogP contribution is 2.18. The van der Waals surface area contributed by atoms with E-state index in [0.717, 1.165) is 18.1 Å². The van der Waals surface area contributed by atoms with Crippen molar-refractivity contribution < 1.29 is 8.78 Å². The summed E-state index contributed by atoms with van der Waals surface area (Å²) in [5.74, 6) is -1.56. The molecule has 1 N–H and O–H groups in total. The molecule has 0 radical (unpaired) electrons. The molecule has 0 saturated heterocycles.